The molecule has 0 saturated heterocycles. The van der Waals surface area contributed by atoms with Crippen molar-refractivity contribution in [1.82, 2.24) is 9.38 Å². The van der Waals surface area contributed by atoms with Crippen molar-refractivity contribution in [3.63, 3.8) is 0 Å². The number of nitrogens with zero attached hydrogens (tertiary/aromatic N) is 3. The van der Waals surface area contributed by atoms with Crippen LogP contribution in [0.2, 0.25) is 0 Å². The van der Waals surface area contributed by atoms with E-state index in [-0.39, 0.29) is 5.56 Å². The first-order valence-electron chi connectivity index (χ1n) is 8.04. The molecule has 4 aromatic rings. The molecule has 0 bridgehead atoms. The van der Waals surface area contributed by atoms with Crippen LogP contribution in [0.1, 0.15) is 15.9 Å². The molecule has 0 aliphatic rings. The first-order chi connectivity index (χ1) is 13.2. The third-order valence-corrected chi connectivity index (χ3v) is 4.90. The van der Waals surface area contributed by atoms with Gasteiger partial charge in [-0.3, -0.25) is 14.0 Å². The second-order valence-corrected chi connectivity index (χ2v) is 6.53. The summed E-state index contributed by atoms with van der Waals surface area (Å²) in [4.78, 5) is 30.4. The zero-order valence-electron chi connectivity index (χ0n) is 13.9. The summed E-state index contributed by atoms with van der Waals surface area (Å²) in [5.74, 6) is -0.602. The third-order valence-electron chi connectivity index (χ3n) is 4.06. The predicted octanol–water partition coefficient (Wildman–Crippen LogP) is 3.55. The summed E-state index contributed by atoms with van der Waals surface area (Å²) >= 11 is 1.33. The lowest BCUT2D eigenvalue weighted by Crippen LogP contribution is -2.26. The van der Waals surface area contributed by atoms with Crippen LogP contribution in [0.4, 0.5) is 5.69 Å². The molecule has 2 aromatic carbocycles. The molecule has 0 saturated carbocycles. The number of aromatic nitrogens is 2. The number of carbonyl (C=O) groups excluding carboxylic acids is 1. The highest BCUT2D eigenvalue weighted by atomic mass is 32.1. The van der Waals surface area contributed by atoms with Crippen LogP contribution in [0.5, 0.6) is 0 Å². The van der Waals surface area contributed by atoms with E-state index in [1.807, 2.05) is 41.8 Å². The lowest BCUT2D eigenvalue weighted by Gasteiger charge is -2.07. The van der Waals surface area contributed by atoms with Gasteiger partial charge in [-0.05, 0) is 17.7 Å². The topological polar surface area (TPSA) is 87.3 Å². The molecule has 0 radical (unpaired) electrons. The number of nitriles is 1. The second-order valence-electron chi connectivity index (χ2n) is 5.69. The minimum absolute atomic E-state index is 0.0872. The summed E-state index contributed by atoms with van der Waals surface area (Å²) in [6.45, 7) is 0. The molecule has 6 nitrogen and oxygen atoms in total. The molecular formula is C20H12N4O2S. The van der Waals surface area contributed by atoms with Gasteiger partial charge in [0.25, 0.3) is 11.5 Å². The zero-order valence-corrected chi connectivity index (χ0v) is 14.7. The largest absolute Gasteiger partial charge is 0.321 e. The summed E-state index contributed by atoms with van der Waals surface area (Å²) in [6, 6.07) is 18.1. The van der Waals surface area contributed by atoms with E-state index in [2.05, 4.69) is 10.3 Å². The highest BCUT2D eigenvalue weighted by Gasteiger charge is 2.18. The van der Waals surface area contributed by atoms with Crippen LogP contribution in [0.3, 0.4) is 0 Å². The lowest BCUT2D eigenvalue weighted by atomic mass is 10.1. The van der Waals surface area contributed by atoms with Crippen molar-refractivity contribution in [1.29, 1.82) is 5.26 Å². The average Bonchev–Trinajstić information content (AvgIpc) is 3.14. The van der Waals surface area contributed by atoms with Gasteiger partial charge in [-0.2, -0.15) is 5.26 Å². The number of rotatable bonds is 3. The molecule has 0 atom stereocenters. The van der Waals surface area contributed by atoms with E-state index in [0.29, 0.717) is 21.9 Å². The fourth-order valence-electron chi connectivity index (χ4n) is 2.74. The first kappa shape index (κ1) is 16.7. The van der Waals surface area contributed by atoms with Crippen molar-refractivity contribution in [3.05, 3.63) is 87.7 Å². The molecule has 1 N–H and O–H groups in total. The standard InChI is InChI=1S/C20H12N4O2S/c21-10-14-8-4-5-9-16(14)23-18(25)15-11-22-20-24(19(15)26)17(12-27-20)13-6-2-1-3-7-13/h1-9,11-12H,(H,23,25). The molecule has 0 unspecified atom stereocenters. The smallest absolute Gasteiger partial charge is 0.271 e. The molecule has 7 heteroatoms. The maximum absolute atomic E-state index is 13.0. The fourth-order valence-corrected chi connectivity index (χ4v) is 3.60. The molecule has 130 valence electrons. The van der Waals surface area contributed by atoms with Crippen molar-refractivity contribution in [3.8, 4) is 17.3 Å². The molecule has 0 fully saturated rings. The Morgan fingerprint density at radius 3 is 2.63 bits per heavy atom. The van der Waals surface area contributed by atoms with E-state index in [9.17, 15) is 9.59 Å². The van der Waals surface area contributed by atoms with E-state index in [4.69, 9.17) is 5.26 Å². The van der Waals surface area contributed by atoms with Crippen LogP contribution < -0.4 is 10.9 Å². The van der Waals surface area contributed by atoms with Gasteiger partial charge >= 0.3 is 0 Å². The Labute approximate surface area is 158 Å². The molecule has 2 heterocycles. The van der Waals surface area contributed by atoms with Gasteiger partial charge < -0.3 is 5.32 Å². The number of thiazole rings is 1. The summed E-state index contributed by atoms with van der Waals surface area (Å²) in [6.07, 6.45) is 1.27. The SMILES string of the molecule is N#Cc1ccccc1NC(=O)c1cnc2scc(-c3ccccc3)n2c1=O. The summed E-state index contributed by atoms with van der Waals surface area (Å²) in [5, 5.41) is 13.6. The monoisotopic (exact) mass is 372 g/mol. The van der Waals surface area contributed by atoms with Crippen LogP contribution in [0, 0.1) is 11.3 Å². The number of carbonyl (C=O) groups is 1. The normalized spacial score (nSPS) is 10.5. The van der Waals surface area contributed by atoms with Gasteiger partial charge in [0.05, 0.1) is 16.9 Å². The Hall–Kier alpha value is -3.76. The molecule has 0 spiro atoms. The van der Waals surface area contributed by atoms with Gasteiger partial charge in [-0.25, -0.2) is 4.98 Å². The Balaban J connectivity index is 1.79. The van der Waals surface area contributed by atoms with Gasteiger partial charge in [0.1, 0.15) is 11.6 Å². The Morgan fingerprint density at radius 1 is 1.11 bits per heavy atom. The van der Waals surface area contributed by atoms with Crippen molar-refractivity contribution < 1.29 is 4.79 Å². The lowest BCUT2D eigenvalue weighted by molar-refractivity contribution is 0.102. The Bertz CT molecular complexity index is 1250. The van der Waals surface area contributed by atoms with Crippen LogP contribution in [0.15, 0.2) is 71.0 Å². The number of amides is 1. The minimum atomic E-state index is -0.602. The van der Waals surface area contributed by atoms with Crippen LogP contribution in [-0.2, 0) is 0 Å². The van der Waals surface area contributed by atoms with Gasteiger partial charge in [0.2, 0.25) is 0 Å². The number of anilines is 1. The number of para-hydroxylation sites is 1. The third kappa shape index (κ3) is 2.99. The Morgan fingerprint density at radius 2 is 1.85 bits per heavy atom. The van der Waals surface area contributed by atoms with Crippen LogP contribution in [0.25, 0.3) is 16.2 Å². The van der Waals surface area contributed by atoms with Crippen molar-refractivity contribution in [2.75, 3.05) is 5.32 Å². The van der Waals surface area contributed by atoms with Crippen molar-refractivity contribution in [2.45, 2.75) is 0 Å². The van der Waals surface area contributed by atoms with E-state index in [0.717, 1.165) is 5.56 Å². The fraction of sp³-hybridized carbons (Fsp3) is 0. The van der Waals surface area contributed by atoms with E-state index < -0.39 is 11.5 Å². The number of benzene rings is 2. The number of hydrogen-bond acceptors (Lipinski definition) is 5. The molecule has 2 aromatic heterocycles. The van der Waals surface area contributed by atoms with Gasteiger partial charge in [0, 0.05) is 11.6 Å². The Kier molecular flexibility index (Phi) is 4.24. The van der Waals surface area contributed by atoms with Gasteiger partial charge in [0.15, 0.2) is 4.96 Å². The highest BCUT2D eigenvalue weighted by molar-refractivity contribution is 7.15. The van der Waals surface area contributed by atoms with Crippen LogP contribution >= 0.6 is 11.3 Å². The van der Waals surface area contributed by atoms with Crippen LogP contribution in [-0.4, -0.2) is 15.3 Å². The molecule has 1 amide bonds. The maximum Gasteiger partial charge on any atom is 0.271 e. The second kappa shape index (κ2) is 6.86. The molecule has 0 aliphatic carbocycles. The van der Waals surface area contributed by atoms with Crippen molar-refractivity contribution in [2.24, 2.45) is 0 Å². The van der Waals surface area contributed by atoms with Gasteiger partial charge in [-0.15, -0.1) is 11.3 Å². The molecule has 27 heavy (non-hydrogen) atoms. The van der Waals surface area contributed by atoms with E-state index in [1.54, 1.807) is 24.3 Å². The summed E-state index contributed by atoms with van der Waals surface area (Å²) < 4.78 is 1.44. The number of hydrogen-bond donors (Lipinski definition) is 1. The molecular weight excluding hydrogens is 360 g/mol. The van der Waals surface area contributed by atoms with E-state index in [1.165, 1.54) is 21.9 Å². The maximum atomic E-state index is 13.0. The average molecular weight is 372 g/mol. The van der Waals surface area contributed by atoms with Crippen molar-refractivity contribution >= 4 is 27.9 Å². The molecule has 4 rings (SSSR count). The summed E-state index contributed by atoms with van der Waals surface area (Å²) in [5.41, 5.74) is 1.67. The highest BCUT2D eigenvalue weighted by Crippen LogP contribution is 2.23. The molecule has 0 aliphatic heterocycles. The van der Waals surface area contributed by atoms with E-state index >= 15 is 0 Å². The quantitative estimate of drug-likeness (QED) is 0.596. The number of fused-ring (bicyclic) bond motifs is 1. The van der Waals surface area contributed by atoms with Gasteiger partial charge in [-0.1, -0.05) is 42.5 Å². The predicted molar refractivity (Wildman–Crippen MR) is 104 cm³/mol. The summed E-state index contributed by atoms with van der Waals surface area (Å²) in [7, 11) is 0. The zero-order chi connectivity index (χ0) is 18.8. The minimum Gasteiger partial charge on any atom is -0.321 e. The number of nitrogens with one attached hydrogen (secondary N) is 1. The first-order valence-corrected chi connectivity index (χ1v) is 8.92.